The predicted octanol–water partition coefficient (Wildman–Crippen LogP) is 3.24. The summed E-state index contributed by atoms with van der Waals surface area (Å²) >= 11 is 0. The van der Waals surface area contributed by atoms with Crippen LogP contribution in [0.3, 0.4) is 0 Å². The topological polar surface area (TPSA) is 9.23 Å². The number of hydrogen-bond acceptors (Lipinski definition) is 1. The van der Waals surface area contributed by atoms with Gasteiger partial charge in [-0.15, -0.1) is 0 Å². The summed E-state index contributed by atoms with van der Waals surface area (Å²) in [4.78, 5) is 0. The van der Waals surface area contributed by atoms with Crippen molar-refractivity contribution in [1.82, 2.24) is 0 Å². The summed E-state index contributed by atoms with van der Waals surface area (Å²) in [5, 5.41) is 0. The smallest absolute Gasteiger partial charge is 0.0491 e. The van der Waals surface area contributed by atoms with Gasteiger partial charge in [0, 0.05) is 13.2 Å². The summed E-state index contributed by atoms with van der Waals surface area (Å²) in [6.45, 7) is 8.58. The molecule has 0 saturated carbocycles. The highest BCUT2D eigenvalue weighted by Crippen LogP contribution is 2.05. The van der Waals surface area contributed by atoms with Crippen molar-refractivity contribution in [2.75, 3.05) is 13.2 Å². The first-order valence-electron chi connectivity index (χ1n) is 4.89. The molecule has 0 N–H and O–H groups in total. The van der Waals surface area contributed by atoms with Crippen LogP contribution in [0, 0.1) is 5.92 Å². The fourth-order valence-corrected chi connectivity index (χ4v) is 1.11. The molecule has 68 valence electrons. The highest BCUT2D eigenvalue weighted by Gasteiger charge is 1.98. The second kappa shape index (κ2) is 8.06. The zero-order valence-electron chi connectivity index (χ0n) is 8.23. The van der Waals surface area contributed by atoms with Crippen molar-refractivity contribution >= 4 is 0 Å². The molecule has 1 unspecified atom stereocenters. The molecule has 0 aromatic rings. The Morgan fingerprint density at radius 2 is 1.91 bits per heavy atom. The van der Waals surface area contributed by atoms with Crippen LogP contribution in [-0.4, -0.2) is 13.2 Å². The van der Waals surface area contributed by atoms with Crippen LogP contribution in [-0.2, 0) is 4.74 Å². The van der Waals surface area contributed by atoms with E-state index in [-0.39, 0.29) is 0 Å². The van der Waals surface area contributed by atoms with Crippen molar-refractivity contribution in [3.63, 3.8) is 0 Å². The summed E-state index contributed by atoms with van der Waals surface area (Å²) < 4.78 is 5.49. The van der Waals surface area contributed by atoms with Crippen LogP contribution >= 0.6 is 0 Å². The molecule has 0 aromatic heterocycles. The quantitative estimate of drug-likeness (QED) is 0.517. The Bertz CT molecular complexity index is 71.3. The zero-order chi connectivity index (χ0) is 8.53. The van der Waals surface area contributed by atoms with Gasteiger partial charge in [-0.3, -0.25) is 0 Å². The average Bonchev–Trinajstić information content (AvgIpc) is 1.99. The average molecular weight is 158 g/mol. The van der Waals surface area contributed by atoms with Crippen molar-refractivity contribution in [2.24, 2.45) is 5.92 Å². The Kier molecular flexibility index (Phi) is 8.03. The fraction of sp³-hybridized carbons (Fsp3) is 1.00. The summed E-state index contributed by atoms with van der Waals surface area (Å²) in [6.07, 6.45) is 5.02. The van der Waals surface area contributed by atoms with Gasteiger partial charge in [0.1, 0.15) is 0 Å². The molecule has 0 amide bonds. The van der Waals surface area contributed by atoms with Gasteiger partial charge in [-0.25, -0.2) is 0 Å². The first-order chi connectivity index (χ1) is 5.31. The van der Waals surface area contributed by atoms with Gasteiger partial charge in [0.25, 0.3) is 0 Å². The minimum absolute atomic E-state index is 0.747. The van der Waals surface area contributed by atoms with Crippen LogP contribution in [0.15, 0.2) is 0 Å². The van der Waals surface area contributed by atoms with Gasteiger partial charge in [0.05, 0.1) is 0 Å². The van der Waals surface area contributed by atoms with Crippen molar-refractivity contribution in [2.45, 2.75) is 46.5 Å². The van der Waals surface area contributed by atoms with Gasteiger partial charge >= 0.3 is 0 Å². The molecule has 0 rings (SSSR count). The highest BCUT2D eigenvalue weighted by molar-refractivity contribution is 4.48. The molecule has 11 heavy (non-hydrogen) atoms. The first kappa shape index (κ1) is 11.0. The van der Waals surface area contributed by atoms with Gasteiger partial charge in [-0.05, 0) is 18.8 Å². The van der Waals surface area contributed by atoms with E-state index in [1.165, 1.54) is 25.7 Å². The largest absolute Gasteiger partial charge is 0.381 e. The summed E-state index contributed by atoms with van der Waals surface area (Å²) in [7, 11) is 0. The van der Waals surface area contributed by atoms with E-state index in [1.807, 2.05) is 0 Å². The minimum atomic E-state index is 0.747. The van der Waals surface area contributed by atoms with Gasteiger partial charge in [-0.1, -0.05) is 33.6 Å². The van der Waals surface area contributed by atoms with E-state index in [9.17, 15) is 0 Å². The van der Waals surface area contributed by atoms with Crippen molar-refractivity contribution in [3.8, 4) is 0 Å². The van der Waals surface area contributed by atoms with E-state index < -0.39 is 0 Å². The Morgan fingerprint density at radius 3 is 2.45 bits per heavy atom. The number of unbranched alkanes of at least 4 members (excludes halogenated alkanes) is 1. The third-order valence-corrected chi connectivity index (χ3v) is 1.83. The molecule has 0 aliphatic heterocycles. The lowest BCUT2D eigenvalue weighted by atomic mass is 10.1. The molecule has 1 nitrogen and oxygen atoms in total. The van der Waals surface area contributed by atoms with Crippen LogP contribution in [0.25, 0.3) is 0 Å². The van der Waals surface area contributed by atoms with E-state index in [1.54, 1.807) is 0 Å². The standard InChI is InChI=1S/C10H22O/c1-4-6-8-11-9-10(3)7-5-2/h10H,4-9H2,1-3H3. The van der Waals surface area contributed by atoms with Crippen LogP contribution in [0.2, 0.25) is 0 Å². The summed E-state index contributed by atoms with van der Waals surface area (Å²) in [6, 6.07) is 0. The Morgan fingerprint density at radius 1 is 1.18 bits per heavy atom. The highest BCUT2D eigenvalue weighted by atomic mass is 16.5. The molecule has 0 spiro atoms. The van der Waals surface area contributed by atoms with E-state index in [4.69, 9.17) is 4.74 Å². The molecule has 0 heterocycles. The molecule has 1 atom stereocenters. The Labute approximate surface area is 71.1 Å². The van der Waals surface area contributed by atoms with E-state index >= 15 is 0 Å². The molecular weight excluding hydrogens is 136 g/mol. The third kappa shape index (κ3) is 7.86. The van der Waals surface area contributed by atoms with Crippen molar-refractivity contribution in [1.29, 1.82) is 0 Å². The lowest BCUT2D eigenvalue weighted by Crippen LogP contribution is -2.06. The molecule has 0 bridgehead atoms. The first-order valence-corrected chi connectivity index (χ1v) is 4.89. The SMILES string of the molecule is CCCCOCC(C)CCC. The van der Waals surface area contributed by atoms with Crippen LogP contribution in [0.4, 0.5) is 0 Å². The lowest BCUT2D eigenvalue weighted by molar-refractivity contribution is 0.0994. The molecule has 0 fully saturated rings. The van der Waals surface area contributed by atoms with Crippen molar-refractivity contribution < 1.29 is 4.74 Å². The number of hydrogen-bond donors (Lipinski definition) is 0. The minimum Gasteiger partial charge on any atom is -0.381 e. The molecule has 0 saturated heterocycles. The molecule has 1 heteroatoms. The monoisotopic (exact) mass is 158 g/mol. The maximum atomic E-state index is 5.49. The van der Waals surface area contributed by atoms with Gasteiger partial charge in [-0.2, -0.15) is 0 Å². The van der Waals surface area contributed by atoms with Crippen LogP contribution in [0.1, 0.15) is 46.5 Å². The zero-order valence-corrected chi connectivity index (χ0v) is 8.23. The second-order valence-electron chi connectivity index (χ2n) is 3.32. The molecule has 0 radical (unpaired) electrons. The lowest BCUT2D eigenvalue weighted by Gasteiger charge is -2.09. The van der Waals surface area contributed by atoms with E-state index in [0.717, 1.165) is 19.1 Å². The van der Waals surface area contributed by atoms with Crippen molar-refractivity contribution in [3.05, 3.63) is 0 Å². The number of ether oxygens (including phenoxy) is 1. The summed E-state index contributed by atoms with van der Waals surface area (Å²) in [5.74, 6) is 0.747. The second-order valence-corrected chi connectivity index (χ2v) is 3.32. The van der Waals surface area contributed by atoms with Crippen LogP contribution < -0.4 is 0 Å². The number of rotatable bonds is 7. The Hall–Kier alpha value is -0.0400. The third-order valence-electron chi connectivity index (χ3n) is 1.83. The van der Waals surface area contributed by atoms with Gasteiger partial charge < -0.3 is 4.74 Å². The van der Waals surface area contributed by atoms with Gasteiger partial charge in [0.15, 0.2) is 0 Å². The van der Waals surface area contributed by atoms with Crippen LogP contribution in [0.5, 0.6) is 0 Å². The van der Waals surface area contributed by atoms with E-state index in [2.05, 4.69) is 20.8 Å². The molecule has 0 aromatic carbocycles. The maximum Gasteiger partial charge on any atom is 0.0491 e. The van der Waals surface area contributed by atoms with Gasteiger partial charge in [0.2, 0.25) is 0 Å². The predicted molar refractivity (Wildman–Crippen MR) is 49.8 cm³/mol. The normalized spacial score (nSPS) is 13.4. The fourth-order valence-electron chi connectivity index (χ4n) is 1.11. The molecule has 0 aliphatic carbocycles. The van der Waals surface area contributed by atoms with E-state index in [0.29, 0.717) is 0 Å². The molecular formula is C10H22O. The molecule has 0 aliphatic rings. The maximum absolute atomic E-state index is 5.49. The Balaban J connectivity index is 2.97. The summed E-state index contributed by atoms with van der Waals surface area (Å²) in [5.41, 5.74) is 0.